The van der Waals surface area contributed by atoms with Gasteiger partial charge in [0.05, 0.1) is 28.6 Å². The molecule has 0 radical (unpaired) electrons. The number of hydrogen-bond acceptors (Lipinski definition) is 7. The highest BCUT2D eigenvalue weighted by Gasteiger charge is 2.27. The Morgan fingerprint density at radius 3 is 2.61 bits per heavy atom. The molecule has 12 heteroatoms. The molecule has 0 spiro atoms. The van der Waals surface area contributed by atoms with Crippen LogP contribution in [0.2, 0.25) is 5.02 Å². The van der Waals surface area contributed by atoms with Crippen LogP contribution in [0.25, 0.3) is 0 Å². The van der Waals surface area contributed by atoms with Crippen molar-refractivity contribution in [2.24, 2.45) is 0 Å². The fourth-order valence-corrected chi connectivity index (χ4v) is 3.93. The molecule has 0 bridgehead atoms. The minimum Gasteiger partial charge on any atom is -0.420 e. The zero-order chi connectivity index (χ0) is 25.9. The van der Waals surface area contributed by atoms with Gasteiger partial charge in [-0.1, -0.05) is 11.6 Å². The molecule has 8 nitrogen and oxygen atoms in total. The van der Waals surface area contributed by atoms with Gasteiger partial charge in [-0.05, 0) is 55.0 Å². The summed E-state index contributed by atoms with van der Waals surface area (Å²) in [7, 11) is 0. The zero-order valence-corrected chi connectivity index (χ0v) is 20.0. The number of carbonyl (C=O) groups excluding carboxylic acids is 1. The summed E-state index contributed by atoms with van der Waals surface area (Å²) < 4.78 is 29.8. The van der Waals surface area contributed by atoms with E-state index >= 15 is 0 Å². The summed E-state index contributed by atoms with van der Waals surface area (Å²) in [6, 6.07) is 13.7. The van der Waals surface area contributed by atoms with Crippen LogP contribution in [0, 0.1) is 11.3 Å². The van der Waals surface area contributed by atoms with Crippen LogP contribution in [0.5, 0.6) is 5.75 Å². The van der Waals surface area contributed by atoms with E-state index in [0.29, 0.717) is 53.0 Å². The van der Waals surface area contributed by atoms with E-state index < -0.39 is 17.6 Å². The smallest absolute Gasteiger partial charge is 0.420 e. The number of aromatic nitrogens is 1. The highest BCUT2D eigenvalue weighted by atomic mass is 35.5. The number of amides is 1. The average molecular weight is 534 g/mol. The van der Waals surface area contributed by atoms with Gasteiger partial charge in [0.2, 0.25) is 0 Å². The van der Waals surface area contributed by atoms with Gasteiger partial charge in [0.25, 0.3) is 5.91 Å². The fraction of sp³-hybridized carbons (Fsp3) is 0.208. The highest BCUT2D eigenvalue weighted by Crippen LogP contribution is 2.32. The van der Waals surface area contributed by atoms with Gasteiger partial charge in [-0.2, -0.15) is 5.26 Å². The number of nitriles is 1. The number of rotatable bonds is 7. The lowest BCUT2D eigenvalue weighted by Gasteiger charge is -2.22. The molecule has 2 heterocycles. The number of pyridine rings is 1. The molecular formula is C24H19Cl2F2N5O3. The van der Waals surface area contributed by atoms with E-state index in [1.165, 1.54) is 36.5 Å². The van der Waals surface area contributed by atoms with Gasteiger partial charge in [0.15, 0.2) is 5.82 Å². The molecular weight excluding hydrogens is 515 g/mol. The molecule has 1 saturated heterocycles. The summed E-state index contributed by atoms with van der Waals surface area (Å²) in [4.78, 5) is 19.2. The van der Waals surface area contributed by atoms with Gasteiger partial charge in [-0.15, -0.1) is 8.78 Å². The molecule has 0 unspecified atom stereocenters. The van der Waals surface area contributed by atoms with Crippen LogP contribution in [0.3, 0.4) is 0 Å². The van der Waals surface area contributed by atoms with Crippen molar-refractivity contribution < 1.29 is 23.4 Å². The van der Waals surface area contributed by atoms with Crippen LogP contribution in [-0.2, 0) is 0 Å². The molecule has 36 heavy (non-hydrogen) atoms. The Bertz CT molecular complexity index is 1310. The normalized spacial score (nSPS) is 15.3. The molecule has 1 aliphatic rings. The Balaban J connectivity index is 1.60. The fourth-order valence-electron chi connectivity index (χ4n) is 3.67. The minimum absolute atomic E-state index is 0.172. The quantitative estimate of drug-likeness (QED) is 0.351. The lowest BCUT2D eigenvalue weighted by atomic mass is 10.1. The summed E-state index contributed by atoms with van der Waals surface area (Å²) >= 11 is 10.8. The maximum absolute atomic E-state index is 12.9. The number of benzene rings is 2. The van der Waals surface area contributed by atoms with Crippen molar-refractivity contribution >= 4 is 52.0 Å². The van der Waals surface area contributed by atoms with Gasteiger partial charge in [0, 0.05) is 41.6 Å². The molecule has 1 aliphatic heterocycles. The standard InChI is InChI=1S/C24H19Cl2F2N5O3/c25-16-1-6-20(14(9-16)11-29)32-21-10-15(12-30-22(21)33-8-7-18(34)13-33)23(35)31-17-2-4-19(5-3-17)36-24(26,27)28/h1-6,9-10,12,18,32,34H,7-8,13H2,(H,31,35)/t18-/m1/s1. The molecule has 1 aromatic heterocycles. The van der Waals surface area contributed by atoms with Crippen molar-refractivity contribution in [3.05, 3.63) is 70.9 Å². The van der Waals surface area contributed by atoms with E-state index in [0.717, 1.165) is 0 Å². The zero-order valence-electron chi connectivity index (χ0n) is 18.5. The maximum Gasteiger partial charge on any atom is 0.487 e. The predicted octanol–water partition coefficient (Wildman–Crippen LogP) is 5.34. The molecule has 2 aromatic carbocycles. The number of nitrogens with zero attached hydrogens (tertiary/aromatic N) is 3. The van der Waals surface area contributed by atoms with Crippen molar-refractivity contribution in [2.45, 2.75) is 18.1 Å². The summed E-state index contributed by atoms with van der Waals surface area (Å²) in [6.07, 6.45) is 1.46. The Morgan fingerprint density at radius 2 is 1.97 bits per heavy atom. The van der Waals surface area contributed by atoms with Gasteiger partial charge < -0.3 is 25.4 Å². The van der Waals surface area contributed by atoms with Crippen molar-refractivity contribution in [1.82, 2.24) is 4.98 Å². The van der Waals surface area contributed by atoms with Crippen LogP contribution in [0.4, 0.5) is 31.7 Å². The highest BCUT2D eigenvalue weighted by molar-refractivity contribution is 6.30. The third kappa shape index (κ3) is 6.31. The Morgan fingerprint density at radius 1 is 1.22 bits per heavy atom. The largest absolute Gasteiger partial charge is 0.487 e. The second kappa shape index (κ2) is 10.5. The van der Waals surface area contributed by atoms with E-state index in [-0.39, 0.29) is 11.3 Å². The molecule has 1 fully saturated rings. The first kappa shape index (κ1) is 25.4. The first-order chi connectivity index (χ1) is 17.1. The molecule has 4 rings (SSSR count). The Kier molecular flexibility index (Phi) is 7.45. The van der Waals surface area contributed by atoms with Crippen LogP contribution in [0.1, 0.15) is 22.3 Å². The van der Waals surface area contributed by atoms with E-state index in [2.05, 4.69) is 26.4 Å². The number of β-amino-alcohol motifs (C(OH)–C–C–N with tert-alkyl or cyclic N) is 1. The van der Waals surface area contributed by atoms with Gasteiger partial charge in [0.1, 0.15) is 11.8 Å². The van der Waals surface area contributed by atoms with Crippen LogP contribution < -0.4 is 20.3 Å². The molecule has 3 aromatic rings. The van der Waals surface area contributed by atoms with Crippen molar-refractivity contribution in [1.29, 1.82) is 5.26 Å². The average Bonchev–Trinajstić information content (AvgIpc) is 3.26. The van der Waals surface area contributed by atoms with E-state index in [4.69, 9.17) is 23.2 Å². The molecule has 0 aliphatic carbocycles. The molecule has 3 N–H and O–H groups in total. The third-order valence-electron chi connectivity index (χ3n) is 5.31. The minimum atomic E-state index is -3.84. The van der Waals surface area contributed by atoms with Crippen LogP contribution >= 0.6 is 23.2 Å². The van der Waals surface area contributed by atoms with E-state index in [9.17, 15) is 23.9 Å². The summed E-state index contributed by atoms with van der Waals surface area (Å²) in [6.45, 7) is 0.935. The van der Waals surface area contributed by atoms with Crippen LogP contribution in [-0.4, -0.2) is 40.8 Å². The van der Waals surface area contributed by atoms with Gasteiger partial charge >= 0.3 is 5.57 Å². The van der Waals surface area contributed by atoms with E-state index in [1.54, 1.807) is 18.2 Å². The topological polar surface area (TPSA) is 111 Å². The first-order valence-electron chi connectivity index (χ1n) is 10.7. The first-order valence-corrected chi connectivity index (χ1v) is 11.4. The number of alkyl halides is 3. The second-order valence-electron chi connectivity index (χ2n) is 7.94. The summed E-state index contributed by atoms with van der Waals surface area (Å²) in [5, 5.41) is 25.7. The monoisotopic (exact) mass is 533 g/mol. The number of nitrogens with one attached hydrogen (secondary N) is 2. The van der Waals surface area contributed by atoms with Crippen LogP contribution in [0.15, 0.2) is 54.7 Å². The van der Waals surface area contributed by atoms with Gasteiger partial charge in [-0.3, -0.25) is 4.79 Å². The van der Waals surface area contributed by atoms with E-state index in [1.807, 2.05) is 4.90 Å². The Hall–Kier alpha value is -3.65. The molecule has 186 valence electrons. The number of aliphatic hydroxyl groups is 1. The SMILES string of the molecule is N#Cc1cc(Cl)ccc1Nc1cc(C(=O)Nc2ccc(OC(F)(F)Cl)cc2)cnc1N1CC[C@@H](O)C1. The van der Waals surface area contributed by atoms with Crippen molar-refractivity contribution in [3.8, 4) is 11.8 Å². The number of halogens is 4. The van der Waals surface area contributed by atoms with Gasteiger partial charge in [-0.25, -0.2) is 4.98 Å². The maximum atomic E-state index is 12.9. The summed E-state index contributed by atoms with van der Waals surface area (Å²) in [5.74, 6) is -0.175. The number of ether oxygens (including phenoxy) is 1. The third-order valence-corrected chi connectivity index (χ3v) is 5.62. The molecule has 1 atom stereocenters. The van der Waals surface area contributed by atoms with Crippen molar-refractivity contribution in [3.63, 3.8) is 0 Å². The number of hydrogen-bond donors (Lipinski definition) is 3. The second-order valence-corrected chi connectivity index (χ2v) is 8.81. The summed E-state index contributed by atoms with van der Waals surface area (Å²) in [5.41, 5.74) is -2.10. The lowest BCUT2D eigenvalue weighted by molar-refractivity contribution is -0.0964. The number of aliphatic hydroxyl groups excluding tert-OH is 1. The molecule has 1 amide bonds. The number of anilines is 4. The van der Waals surface area contributed by atoms with Crippen molar-refractivity contribution in [2.75, 3.05) is 28.6 Å². The predicted molar refractivity (Wildman–Crippen MR) is 132 cm³/mol. The molecule has 0 saturated carbocycles. The number of carbonyl (C=O) groups is 1. The lowest BCUT2D eigenvalue weighted by Crippen LogP contribution is -2.24. The Labute approximate surface area is 215 Å².